The lowest BCUT2D eigenvalue weighted by Gasteiger charge is -2.22. The number of carbonyl (C=O) groups excluding carboxylic acids is 2. The summed E-state index contributed by atoms with van der Waals surface area (Å²) in [6, 6.07) is 0. The van der Waals surface area contributed by atoms with Gasteiger partial charge in [0.2, 0.25) is 5.91 Å². The van der Waals surface area contributed by atoms with Crippen LogP contribution in [0.3, 0.4) is 0 Å². The van der Waals surface area contributed by atoms with Gasteiger partial charge in [-0.1, -0.05) is 24.8 Å². The molecular weight excluding hydrogens is 433 g/mol. The van der Waals surface area contributed by atoms with Crippen LogP contribution in [0.15, 0.2) is 70.5 Å². The minimum atomic E-state index is -0.751. The molecule has 2 amide bonds. The molecule has 3 rings (SSSR count). The van der Waals surface area contributed by atoms with Crippen LogP contribution in [0.2, 0.25) is 0 Å². The summed E-state index contributed by atoms with van der Waals surface area (Å²) in [5.74, 6) is -0.795. The summed E-state index contributed by atoms with van der Waals surface area (Å²) in [4.78, 5) is 24.0. The predicted molar refractivity (Wildman–Crippen MR) is 123 cm³/mol. The summed E-state index contributed by atoms with van der Waals surface area (Å²) in [6.07, 6.45) is 9.66. The number of allylic oxidation sites excluding steroid dienone is 8. The second kappa shape index (κ2) is 11.2. The molecule has 0 radical (unpaired) electrons. The van der Waals surface area contributed by atoms with Gasteiger partial charge in [-0.05, 0) is 61.8 Å². The van der Waals surface area contributed by atoms with E-state index in [0.29, 0.717) is 24.5 Å². The summed E-state index contributed by atoms with van der Waals surface area (Å²) < 4.78 is 17.7. The predicted octanol–water partition coefficient (Wildman–Crippen LogP) is 4.01. The molecule has 4 bridgehead atoms. The fraction of sp³-hybridized carbons (Fsp3) is 0.417. The molecule has 1 saturated heterocycles. The first-order chi connectivity index (χ1) is 15.4. The maximum absolute atomic E-state index is 12.6. The smallest absolute Gasteiger partial charge is 0.257 e. The molecule has 172 valence electrons. The van der Waals surface area contributed by atoms with E-state index in [1.165, 1.54) is 41.0 Å². The lowest BCUT2D eigenvalue weighted by molar-refractivity contribution is -0.124. The van der Waals surface area contributed by atoms with Crippen LogP contribution in [-0.2, 0) is 14.3 Å². The fourth-order valence-electron chi connectivity index (χ4n) is 4.30. The van der Waals surface area contributed by atoms with Gasteiger partial charge in [0.15, 0.2) is 6.61 Å². The van der Waals surface area contributed by atoms with E-state index in [4.69, 9.17) is 16.3 Å². The molecule has 0 aromatic rings. The van der Waals surface area contributed by atoms with Gasteiger partial charge in [0.25, 0.3) is 5.91 Å². The molecule has 0 unspecified atom stereocenters. The maximum atomic E-state index is 12.6. The van der Waals surface area contributed by atoms with Gasteiger partial charge in [0, 0.05) is 36.0 Å². The van der Waals surface area contributed by atoms with Crippen LogP contribution in [0.4, 0.5) is 4.39 Å². The van der Waals surface area contributed by atoms with Gasteiger partial charge < -0.3 is 20.7 Å². The van der Waals surface area contributed by atoms with E-state index in [0.717, 1.165) is 32.1 Å². The van der Waals surface area contributed by atoms with Crippen molar-refractivity contribution in [1.29, 1.82) is 0 Å². The Morgan fingerprint density at radius 1 is 1.12 bits per heavy atom. The zero-order valence-electron chi connectivity index (χ0n) is 18.1. The van der Waals surface area contributed by atoms with Gasteiger partial charge in [-0.2, -0.15) is 0 Å². The molecule has 2 heterocycles. The van der Waals surface area contributed by atoms with Gasteiger partial charge >= 0.3 is 0 Å². The van der Waals surface area contributed by atoms with Crippen molar-refractivity contribution in [3.05, 3.63) is 70.5 Å². The Morgan fingerprint density at radius 3 is 2.47 bits per heavy atom. The van der Waals surface area contributed by atoms with Crippen LogP contribution in [-0.4, -0.2) is 31.5 Å². The van der Waals surface area contributed by atoms with Crippen LogP contribution in [0.25, 0.3) is 0 Å². The number of nitrogens with one attached hydrogen (secondary N) is 3. The number of fused-ring (bicyclic) bond motifs is 4. The van der Waals surface area contributed by atoms with E-state index in [9.17, 15) is 14.0 Å². The van der Waals surface area contributed by atoms with Crippen molar-refractivity contribution < 1.29 is 18.7 Å². The van der Waals surface area contributed by atoms with Gasteiger partial charge in [0.1, 0.15) is 5.83 Å². The van der Waals surface area contributed by atoms with Gasteiger partial charge in [-0.3, -0.25) is 9.59 Å². The zero-order valence-corrected chi connectivity index (χ0v) is 18.8. The summed E-state index contributed by atoms with van der Waals surface area (Å²) in [5, 5.41) is 9.01. The SMILES string of the molecule is C=C(CCNC(=O)CO/C=C/C=C(/Cl)C(=C)F)C(=O)NCCC1C2=C3CCC(=C1CC2)N3. The first-order valence-electron chi connectivity index (χ1n) is 10.8. The highest BCUT2D eigenvalue weighted by molar-refractivity contribution is 6.31. The second-order valence-corrected chi connectivity index (χ2v) is 8.40. The summed E-state index contributed by atoms with van der Waals surface area (Å²) in [6.45, 7) is 7.56. The highest BCUT2D eigenvalue weighted by atomic mass is 35.5. The van der Waals surface area contributed by atoms with Crippen molar-refractivity contribution in [1.82, 2.24) is 16.0 Å². The van der Waals surface area contributed by atoms with E-state index >= 15 is 0 Å². The molecule has 0 spiro atoms. The van der Waals surface area contributed by atoms with E-state index in [1.807, 2.05) is 0 Å². The van der Waals surface area contributed by atoms with E-state index in [-0.39, 0.29) is 30.0 Å². The van der Waals surface area contributed by atoms with Crippen molar-refractivity contribution in [2.45, 2.75) is 38.5 Å². The number of hydrogen-bond donors (Lipinski definition) is 3. The minimum absolute atomic E-state index is 0.142. The Hall–Kier alpha value is -2.80. The Bertz CT molecular complexity index is 905. The quantitative estimate of drug-likeness (QED) is 0.233. The number of ether oxygens (including phenoxy) is 1. The van der Waals surface area contributed by atoms with Crippen LogP contribution < -0.4 is 16.0 Å². The number of carbonyl (C=O) groups is 2. The highest BCUT2D eigenvalue weighted by Gasteiger charge is 2.37. The van der Waals surface area contributed by atoms with E-state index in [1.54, 1.807) is 0 Å². The Morgan fingerprint density at radius 2 is 1.81 bits per heavy atom. The third-order valence-electron chi connectivity index (χ3n) is 5.89. The molecular formula is C24H29ClFN3O3. The number of rotatable bonds is 12. The number of amides is 2. The first-order valence-corrected chi connectivity index (χ1v) is 11.2. The first kappa shape index (κ1) is 23.9. The Kier molecular flexibility index (Phi) is 8.33. The average molecular weight is 462 g/mol. The molecule has 0 aromatic heterocycles. The van der Waals surface area contributed by atoms with Crippen LogP contribution in [0, 0.1) is 5.92 Å². The fourth-order valence-corrected chi connectivity index (χ4v) is 4.38. The highest BCUT2D eigenvalue weighted by Crippen LogP contribution is 2.48. The second-order valence-electron chi connectivity index (χ2n) is 7.99. The van der Waals surface area contributed by atoms with E-state index in [2.05, 4.69) is 29.1 Å². The minimum Gasteiger partial charge on any atom is -0.491 e. The molecule has 6 nitrogen and oxygen atoms in total. The van der Waals surface area contributed by atoms with Crippen molar-refractivity contribution in [3.63, 3.8) is 0 Å². The van der Waals surface area contributed by atoms with Gasteiger partial charge in [-0.25, -0.2) is 4.39 Å². The van der Waals surface area contributed by atoms with E-state index < -0.39 is 5.83 Å². The molecule has 32 heavy (non-hydrogen) atoms. The van der Waals surface area contributed by atoms with Crippen LogP contribution >= 0.6 is 11.6 Å². The average Bonchev–Trinajstić information content (AvgIpc) is 3.31. The topological polar surface area (TPSA) is 79.5 Å². The molecule has 3 N–H and O–H groups in total. The Balaban J connectivity index is 1.28. The summed E-state index contributed by atoms with van der Waals surface area (Å²) >= 11 is 5.53. The third kappa shape index (κ3) is 6.13. The number of halogens is 2. The lowest BCUT2D eigenvalue weighted by atomic mass is 9.92. The maximum Gasteiger partial charge on any atom is 0.257 e. The molecule has 1 aliphatic carbocycles. The van der Waals surface area contributed by atoms with Crippen molar-refractivity contribution >= 4 is 23.4 Å². The van der Waals surface area contributed by atoms with Crippen molar-refractivity contribution in [2.75, 3.05) is 19.7 Å². The van der Waals surface area contributed by atoms with Crippen LogP contribution in [0.5, 0.6) is 0 Å². The summed E-state index contributed by atoms with van der Waals surface area (Å²) in [5.41, 5.74) is 6.29. The molecule has 2 fully saturated rings. The van der Waals surface area contributed by atoms with Crippen molar-refractivity contribution in [3.8, 4) is 0 Å². The molecule has 2 aliphatic heterocycles. The summed E-state index contributed by atoms with van der Waals surface area (Å²) in [7, 11) is 0. The Labute approximate surface area is 193 Å². The van der Waals surface area contributed by atoms with Crippen LogP contribution in [0.1, 0.15) is 38.5 Å². The third-order valence-corrected chi connectivity index (χ3v) is 6.22. The van der Waals surface area contributed by atoms with Crippen molar-refractivity contribution in [2.24, 2.45) is 5.92 Å². The molecule has 0 atom stereocenters. The lowest BCUT2D eigenvalue weighted by Crippen LogP contribution is -2.31. The standard InChI is InChI=1S/C24H29ClFN3O3/c1-15(9-11-27-23(30)14-32-13-3-4-20(25)16(2)26)24(31)28-12-10-17-18-5-6-19(17)22-8-7-21(18)29-22/h3-4,13,17,29H,1-2,5-12,14H2,(H,27,30)(H,28,31)/b13-3+,20-4+. The largest absolute Gasteiger partial charge is 0.491 e. The molecule has 3 aliphatic rings. The normalized spacial score (nSPS) is 17.6. The number of dihydropyridines is 1. The molecule has 8 heteroatoms. The zero-order chi connectivity index (χ0) is 23.1. The number of hydrogen-bond acceptors (Lipinski definition) is 4. The molecule has 1 saturated carbocycles. The van der Waals surface area contributed by atoms with Gasteiger partial charge in [0.05, 0.1) is 11.3 Å². The molecule has 0 aromatic carbocycles. The monoisotopic (exact) mass is 461 g/mol. The van der Waals surface area contributed by atoms with Gasteiger partial charge in [-0.15, -0.1) is 0 Å².